The SMILES string of the molecule is CC/C(C)=C/C(CC(=O)OC)C(=O)OC. The Bertz CT molecular complexity index is 255. The van der Waals surface area contributed by atoms with Crippen LogP contribution in [0.1, 0.15) is 26.7 Å². The van der Waals surface area contributed by atoms with Crippen LogP contribution in [0.2, 0.25) is 0 Å². The molecule has 0 aromatic rings. The predicted molar refractivity (Wildman–Crippen MR) is 56.2 cm³/mol. The van der Waals surface area contributed by atoms with E-state index in [1.807, 2.05) is 13.8 Å². The van der Waals surface area contributed by atoms with Crippen LogP contribution in [0.15, 0.2) is 11.6 Å². The lowest BCUT2D eigenvalue weighted by atomic mass is 10.0. The van der Waals surface area contributed by atoms with Crippen molar-refractivity contribution in [2.45, 2.75) is 26.7 Å². The molecule has 0 aromatic heterocycles. The Balaban J connectivity index is 4.59. The average Bonchev–Trinajstić information content (AvgIpc) is 2.26. The van der Waals surface area contributed by atoms with Gasteiger partial charge in [0.1, 0.15) is 0 Å². The van der Waals surface area contributed by atoms with Crippen molar-refractivity contribution in [2.75, 3.05) is 14.2 Å². The molecule has 1 unspecified atom stereocenters. The molecule has 0 radical (unpaired) electrons. The van der Waals surface area contributed by atoms with Gasteiger partial charge in [0.25, 0.3) is 0 Å². The fraction of sp³-hybridized carbons (Fsp3) is 0.636. The minimum absolute atomic E-state index is 0.0283. The predicted octanol–water partition coefficient (Wildman–Crippen LogP) is 1.70. The maximum atomic E-state index is 11.3. The van der Waals surface area contributed by atoms with Gasteiger partial charge >= 0.3 is 11.9 Å². The summed E-state index contributed by atoms with van der Waals surface area (Å²) in [6.45, 7) is 3.89. The van der Waals surface area contributed by atoms with E-state index in [1.54, 1.807) is 6.08 Å². The highest BCUT2D eigenvalue weighted by Crippen LogP contribution is 2.13. The largest absolute Gasteiger partial charge is 0.469 e. The lowest BCUT2D eigenvalue weighted by Gasteiger charge is -2.10. The van der Waals surface area contributed by atoms with Gasteiger partial charge in [0.2, 0.25) is 0 Å². The molecule has 0 bridgehead atoms. The molecule has 0 N–H and O–H groups in total. The van der Waals surface area contributed by atoms with Gasteiger partial charge in [-0.2, -0.15) is 0 Å². The molecule has 0 aliphatic heterocycles. The lowest BCUT2D eigenvalue weighted by molar-refractivity contribution is -0.150. The normalized spacial score (nSPS) is 13.2. The summed E-state index contributed by atoms with van der Waals surface area (Å²) >= 11 is 0. The van der Waals surface area contributed by atoms with Gasteiger partial charge < -0.3 is 9.47 Å². The van der Waals surface area contributed by atoms with Crippen LogP contribution in [0, 0.1) is 5.92 Å². The zero-order chi connectivity index (χ0) is 11.8. The van der Waals surface area contributed by atoms with Gasteiger partial charge in [-0.3, -0.25) is 9.59 Å². The van der Waals surface area contributed by atoms with Crippen LogP contribution in [0.4, 0.5) is 0 Å². The van der Waals surface area contributed by atoms with Crippen LogP contribution in [-0.2, 0) is 19.1 Å². The summed E-state index contributed by atoms with van der Waals surface area (Å²) in [6.07, 6.45) is 2.62. The van der Waals surface area contributed by atoms with Crippen LogP contribution in [0.5, 0.6) is 0 Å². The minimum atomic E-state index is -0.539. The van der Waals surface area contributed by atoms with Gasteiger partial charge in [-0.25, -0.2) is 0 Å². The number of esters is 2. The summed E-state index contributed by atoms with van der Waals surface area (Å²) in [6, 6.07) is 0. The van der Waals surface area contributed by atoms with E-state index >= 15 is 0 Å². The highest BCUT2D eigenvalue weighted by molar-refractivity contribution is 5.81. The molecule has 15 heavy (non-hydrogen) atoms. The fourth-order valence-electron chi connectivity index (χ4n) is 1.09. The molecule has 0 fully saturated rings. The summed E-state index contributed by atoms with van der Waals surface area (Å²) in [4.78, 5) is 22.4. The van der Waals surface area contributed by atoms with Gasteiger partial charge in [-0.1, -0.05) is 18.6 Å². The molecule has 0 spiro atoms. The number of methoxy groups -OCH3 is 2. The van der Waals surface area contributed by atoms with Crippen molar-refractivity contribution in [3.63, 3.8) is 0 Å². The third-order valence-electron chi connectivity index (χ3n) is 2.16. The first-order chi connectivity index (χ1) is 7.04. The average molecular weight is 214 g/mol. The van der Waals surface area contributed by atoms with E-state index in [4.69, 9.17) is 0 Å². The summed E-state index contributed by atoms with van der Waals surface area (Å²) < 4.78 is 9.13. The molecular formula is C11H18O4. The standard InChI is InChI=1S/C11H18O4/c1-5-8(2)6-9(11(13)15-4)7-10(12)14-3/h6,9H,5,7H2,1-4H3/b8-6+. The van der Waals surface area contributed by atoms with E-state index in [0.717, 1.165) is 12.0 Å². The number of rotatable bonds is 5. The monoisotopic (exact) mass is 214 g/mol. The molecule has 1 atom stereocenters. The van der Waals surface area contributed by atoms with Crippen molar-refractivity contribution in [3.8, 4) is 0 Å². The Kier molecular flexibility index (Phi) is 6.42. The van der Waals surface area contributed by atoms with Gasteiger partial charge in [0.05, 0.1) is 26.6 Å². The number of carbonyl (C=O) groups is 2. The Morgan fingerprint density at radius 2 is 1.87 bits per heavy atom. The van der Waals surface area contributed by atoms with Crippen LogP contribution >= 0.6 is 0 Å². The quantitative estimate of drug-likeness (QED) is 0.516. The van der Waals surface area contributed by atoms with Gasteiger partial charge in [-0.05, 0) is 13.3 Å². The van der Waals surface area contributed by atoms with Crippen molar-refractivity contribution >= 4 is 11.9 Å². The minimum Gasteiger partial charge on any atom is -0.469 e. The molecule has 0 amide bonds. The summed E-state index contributed by atoms with van der Waals surface area (Å²) in [5, 5.41) is 0. The van der Waals surface area contributed by atoms with Gasteiger partial charge in [0.15, 0.2) is 0 Å². The van der Waals surface area contributed by atoms with Gasteiger partial charge in [0, 0.05) is 0 Å². The van der Waals surface area contributed by atoms with E-state index in [2.05, 4.69) is 9.47 Å². The molecule has 4 nitrogen and oxygen atoms in total. The van der Waals surface area contributed by atoms with Crippen molar-refractivity contribution < 1.29 is 19.1 Å². The third kappa shape index (κ3) is 5.20. The van der Waals surface area contributed by atoms with E-state index < -0.39 is 17.9 Å². The molecule has 0 saturated heterocycles. The molecule has 4 heteroatoms. The second-order valence-corrected chi connectivity index (χ2v) is 3.28. The first-order valence-electron chi connectivity index (χ1n) is 4.87. The summed E-state index contributed by atoms with van der Waals surface area (Å²) in [5.41, 5.74) is 1.05. The molecule has 0 aromatic carbocycles. The van der Waals surface area contributed by atoms with E-state index in [1.165, 1.54) is 14.2 Å². The molecule has 0 aliphatic carbocycles. The Morgan fingerprint density at radius 1 is 1.27 bits per heavy atom. The second-order valence-electron chi connectivity index (χ2n) is 3.28. The number of allylic oxidation sites excluding steroid dienone is 1. The molecule has 0 heterocycles. The lowest BCUT2D eigenvalue weighted by Crippen LogP contribution is -2.19. The van der Waals surface area contributed by atoms with Crippen LogP contribution in [0.25, 0.3) is 0 Å². The van der Waals surface area contributed by atoms with E-state index in [0.29, 0.717) is 0 Å². The summed E-state index contributed by atoms with van der Waals surface area (Å²) in [5.74, 6) is -1.36. The van der Waals surface area contributed by atoms with E-state index in [-0.39, 0.29) is 6.42 Å². The van der Waals surface area contributed by atoms with E-state index in [9.17, 15) is 9.59 Å². The maximum absolute atomic E-state index is 11.3. The van der Waals surface area contributed by atoms with Crippen LogP contribution in [-0.4, -0.2) is 26.2 Å². The smallest absolute Gasteiger partial charge is 0.313 e. The topological polar surface area (TPSA) is 52.6 Å². The maximum Gasteiger partial charge on any atom is 0.313 e. The highest BCUT2D eigenvalue weighted by atomic mass is 16.5. The third-order valence-corrected chi connectivity index (χ3v) is 2.16. The molecule has 86 valence electrons. The molecular weight excluding hydrogens is 196 g/mol. The number of hydrogen-bond acceptors (Lipinski definition) is 4. The number of ether oxygens (including phenoxy) is 2. The Labute approximate surface area is 90.2 Å². The molecule has 0 aliphatic rings. The number of carbonyl (C=O) groups excluding carboxylic acids is 2. The number of hydrogen-bond donors (Lipinski definition) is 0. The fourth-order valence-corrected chi connectivity index (χ4v) is 1.09. The van der Waals surface area contributed by atoms with Crippen molar-refractivity contribution in [1.29, 1.82) is 0 Å². The Morgan fingerprint density at radius 3 is 2.27 bits per heavy atom. The molecule has 0 rings (SSSR count). The highest BCUT2D eigenvalue weighted by Gasteiger charge is 2.20. The first kappa shape index (κ1) is 13.7. The summed E-state index contributed by atoms with van der Waals surface area (Å²) in [7, 11) is 2.61. The Hall–Kier alpha value is -1.32. The van der Waals surface area contributed by atoms with Gasteiger partial charge in [-0.15, -0.1) is 0 Å². The molecule has 0 saturated carbocycles. The van der Waals surface area contributed by atoms with Crippen LogP contribution < -0.4 is 0 Å². The zero-order valence-corrected chi connectivity index (χ0v) is 9.70. The second kappa shape index (κ2) is 7.04. The first-order valence-corrected chi connectivity index (χ1v) is 4.87. The van der Waals surface area contributed by atoms with Crippen molar-refractivity contribution in [2.24, 2.45) is 5.92 Å². The van der Waals surface area contributed by atoms with Crippen molar-refractivity contribution in [1.82, 2.24) is 0 Å². The zero-order valence-electron chi connectivity index (χ0n) is 9.70. The van der Waals surface area contributed by atoms with Crippen LogP contribution in [0.3, 0.4) is 0 Å². The van der Waals surface area contributed by atoms with Crippen molar-refractivity contribution in [3.05, 3.63) is 11.6 Å².